The normalized spacial score (nSPS) is 11.5. The van der Waals surface area contributed by atoms with Gasteiger partial charge < -0.3 is 19.5 Å². The van der Waals surface area contributed by atoms with Crippen LogP contribution in [0.15, 0.2) is 18.2 Å². The Bertz CT molecular complexity index is 650. The molecule has 1 aromatic carbocycles. The van der Waals surface area contributed by atoms with Crippen molar-refractivity contribution in [1.82, 2.24) is 0 Å². The summed E-state index contributed by atoms with van der Waals surface area (Å²) in [4.78, 5) is 4.73. The van der Waals surface area contributed by atoms with Gasteiger partial charge in [0.1, 0.15) is 30.9 Å². The molecule has 0 atom stereocenters. The fourth-order valence-corrected chi connectivity index (χ4v) is 2.84. The summed E-state index contributed by atoms with van der Waals surface area (Å²) in [5.74, 6) is 0.382. The predicted molar refractivity (Wildman–Crippen MR) is 89.8 cm³/mol. The van der Waals surface area contributed by atoms with Crippen LogP contribution < -0.4 is 9.88 Å². The first kappa shape index (κ1) is 17.7. The van der Waals surface area contributed by atoms with Crippen molar-refractivity contribution in [2.45, 2.75) is 20.4 Å². The van der Waals surface area contributed by atoms with Crippen molar-refractivity contribution in [2.75, 3.05) is 40.5 Å². The molecule has 0 spiro atoms. The number of aromatic amines is 1. The zero-order chi connectivity index (χ0) is 16.8. The molecule has 0 unspecified atom stereocenters. The lowest BCUT2D eigenvalue weighted by atomic mass is 10.1. The van der Waals surface area contributed by atoms with E-state index in [1.165, 1.54) is 4.90 Å². The molecule has 1 aromatic heterocycles. The van der Waals surface area contributed by atoms with Gasteiger partial charge in [-0.25, -0.2) is 4.98 Å². The van der Waals surface area contributed by atoms with E-state index in [9.17, 15) is 5.11 Å². The Morgan fingerprint density at radius 3 is 2.35 bits per heavy atom. The highest BCUT2D eigenvalue weighted by Gasteiger charge is 2.21. The molecule has 0 aliphatic carbocycles. The van der Waals surface area contributed by atoms with Crippen molar-refractivity contribution in [3.63, 3.8) is 0 Å². The summed E-state index contributed by atoms with van der Waals surface area (Å²) in [6.45, 7) is 7.93. The molecule has 5 heteroatoms. The molecule has 126 valence electrons. The molecule has 2 rings (SSSR count). The smallest absolute Gasteiger partial charge is 0.214 e. The summed E-state index contributed by atoms with van der Waals surface area (Å²) >= 11 is 0. The first-order valence-corrected chi connectivity index (χ1v) is 8.02. The van der Waals surface area contributed by atoms with Crippen LogP contribution in [0.3, 0.4) is 0 Å². The molecule has 0 radical (unpaired) electrons. The van der Waals surface area contributed by atoms with Crippen LogP contribution in [0.1, 0.15) is 16.8 Å². The number of hydrogen-bond acceptors (Lipinski definition) is 3. The number of fused-ring (bicyclic) bond motifs is 1. The fraction of sp³-hybridized carbons (Fsp3) is 0.500. The van der Waals surface area contributed by atoms with E-state index in [0.29, 0.717) is 19.0 Å². The first-order chi connectivity index (χ1) is 11.1. The Kier molecular flexibility index (Phi) is 6.33. The van der Waals surface area contributed by atoms with Gasteiger partial charge in [0.25, 0.3) is 0 Å². The quantitative estimate of drug-likeness (QED) is 0.751. The van der Waals surface area contributed by atoms with Gasteiger partial charge in [0.2, 0.25) is 5.52 Å². The van der Waals surface area contributed by atoms with Crippen molar-refractivity contribution in [1.29, 1.82) is 0 Å². The SMILES string of the molecule is COCC[NH+](CCOC)Cc1c(C)[nH+]c2ccc(C)cc2c1O. The molecule has 0 saturated carbocycles. The Labute approximate surface area is 137 Å². The van der Waals surface area contributed by atoms with Crippen molar-refractivity contribution >= 4 is 10.9 Å². The van der Waals surface area contributed by atoms with Crippen LogP contribution in [0.4, 0.5) is 0 Å². The lowest BCUT2D eigenvalue weighted by Gasteiger charge is -2.19. The van der Waals surface area contributed by atoms with Gasteiger partial charge in [0.05, 0.1) is 18.6 Å². The van der Waals surface area contributed by atoms with Crippen molar-refractivity contribution in [3.05, 3.63) is 35.0 Å². The molecule has 2 aromatic rings. The largest absolute Gasteiger partial charge is 0.506 e. The van der Waals surface area contributed by atoms with Crippen molar-refractivity contribution in [2.24, 2.45) is 0 Å². The number of benzene rings is 1. The van der Waals surface area contributed by atoms with Gasteiger partial charge in [-0.05, 0) is 18.6 Å². The molecule has 0 fully saturated rings. The lowest BCUT2D eigenvalue weighted by molar-refractivity contribution is -0.914. The number of aromatic nitrogens is 1. The van der Waals surface area contributed by atoms with Crippen molar-refractivity contribution < 1.29 is 24.5 Å². The number of aromatic hydroxyl groups is 1. The number of hydrogen-bond donors (Lipinski definition) is 2. The van der Waals surface area contributed by atoms with Gasteiger partial charge in [-0.15, -0.1) is 0 Å². The predicted octanol–water partition coefficient (Wildman–Crippen LogP) is 0.654. The van der Waals surface area contributed by atoms with Gasteiger partial charge in [0.15, 0.2) is 5.69 Å². The van der Waals surface area contributed by atoms with E-state index in [-0.39, 0.29) is 0 Å². The average molecular weight is 320 g/mol. The molecule has 5 nitrogen and oxygen atoms in total. The summed E-state index contributed by atoms with van der Waals surface area (Å²) in [5.41, 5.74) is 4.07. The minimum absolute atomic E-state index is 0.382. The molecule has 0 aliphatic heterocycles. The molecule has 0 bridgehead atoms. The van der Waals surface area contributed by atoms with Gasteiger partial charge >= 0.3 is 0 Å². The number of rotatable bonds is 8. The van der Waals surface area contributed by atoms with E-state index >= 15 is 0 Å². The third-order valence-electron chi connectivity index (χ3n) is 4.24. The molecule has 0 saturated heterocycles. The first-order valence-electron chi connectivity index (χ1n) is 8.02. The minimum atomic E-state index is 0.382. The summed E-state index contributed by atoms with van der Waals surface area (Å²) in [7, 11) is 3.42. The van der Waals surface area contributed by atoms with Crippen LogP contribution in [0.5, 0.6) is 5.75 Å². The van der Waals surface area contributed by atoms with E-state index in [4.69, 9.17) is 9.47 Å². The summed E-state index contributed by atoms with van der Waals surface area (Å²) in [5, 5.41) is 11.6. The maximum absolute atomic E-state index is 10.8. The van der Waals surface area contributed by atoms with E-state index < -0.39 is 0 Å². The highest BCUT2D eigenvalue weighted by molar-refractivity contribution is 5.84. The van der Waals surface area contributed by atoms with Crippen LogP contribution in [-0.2, 0) is 16.0 Å². The molecule has 0 aliphatic rings. The zero-order valence-corrected chi connectivity index (χ0v) is 14.5. The third-order valence-corrected chi connectivity index (χ3v) is 4.24. The molecule has 23 heavy (non-hydrogen) atoms. The van der Waals surface area contributed by atoms with Gasteiger partial charge in [-0.2, -0.15) is 0 Å². The van der Waals surface area contributed by atoms with Gasteiger partial charge in [0, 0.05) is 27.2 Å². The second kappa shape index (κ2) is 8.24. The summed E-state index contributed by atoms with van der Waals surface area (Å²) in [6.07, 6.45) is 0. The second-order valence-electron chi connectivity index (χ2n) is 6.04. The maximum atomic E-state index is 10.8. The Balaban J connectivity index is 2.32. The third kappa shape index (κ3) is 4.41. The number of aryl methyl sites for hydroxylation is 2. The van der Waals surface area contributed by atoms with Crippen molar-refractivity contribution in [3.8, 4) is 5.75 Å². The number of methoxy groups -OCH3 is 2. The Hall–Kier alpha value is -1.69. The van der Waals surface area contributed by atoms with Crippen LogP contribution >= 0.6 is 0 Å². The lowest BCUT2D eigenvalue weighted by Crippen LogP contribution is -3.11. The molecular weight excluding hydrogens is 292 g/mol. The van der Waals surface area contributed by atoms with E-state index in [0.717, 1.165) is 47.4 Å². The highest BCUT2D eigenvalue weighted by Crippen LogP contribution is 2.27. The summed E-state index contributed by atoms with van der Waals surface area (Å²) in [6, 6.07) is 6.09. The average Bonchev–Trinajstić information content (AvgIpc) is 2.54. The van der Waals surface area contributed by atoms with Gasteiger partial charge in [-0.3, -0.25) is 0 Å². The zero-order valence-electron chi connectivity index (χ0n) is 14.5. The molecule has 1 heterocycles. The van der Waals surface area contributed by atoms with Crippen LogP contribution in [-0.4, -0.2) is 45.6 Å². The number of pyridine rings is 1. The van der Waals surface area contributed by atoms with E-state index in [1.54, 1.807) is 14.2 Å². The highest BCUT2D eigenvalue weighted by atomic mass is 16.5. The standard InChI is InChI=1S/C18H26N2O3/c1-13-5-6-17-15(11-13)18(21)16(14(2)19-17)12-20(7-9-22-3)8-10-23-4/h5-6,11H,7-10,12H2,1-4H3,(H,19,21)/p+2. The van der Waals surface area contributed by atoms with Crippen LogP contribution in [0, 0.1) is 13.8 Å². The Morgan fingerprint density at radius 2 is 1.74 bits per heavy atom. The molecule has 3 N–H and O–H groups in total. The van der Waals surface area contributed by atoms with Crippen LogP contribution in [0.25, 0.3) is 10.9 Å². The van der Waals surface area contributed by atoms with Crippen LogP contribution in [0.2, 0.25) is 0 Å². The van der Waals surface area contributed by atoms with Gasteiger partial charge in [-0.1, -0.05) is 6.07 Å². The Morgan fingerprint density at radius 1 is 1.09 bits per heavy atom. The number of nitrogens with one attached hydrogen (secondary N) is 2. The molecular formula is C18H28N2O3+2. The second-order valence-corrected chi connectivity index (χ2v) is 6.04. The molecule has 0 amide bonds. The topological polar surface area (TPSA) is 57.3 Å². The van der Waals surface area contributed by atoms with E-state index in [2.05, 4.69) is 4.98 Å². The minimum Gasteiger partial charge on any atom is -0.506 e. The maximum Gasteiger partial charge on any atom is 0.214 e. The number of quaternary nitrogens is 1. The summed E-state index contributed by atoms with van der Waals surface area (Å²) < 4.78 is 10.4. The number of H-pyrrole nitrogens is 1. The fourth-order valence-electron chi connectivity index (χ4n) is 2.84. The van der Waals surface area contributed by atoms with E-state index in [1.807, 2.05) is 32.0 Å². The number of ether oxygens (including phenoxy) is 2. The monoisotopic (exact) mass is 320 g/mol.